The van der Waals surface area contributed by atoms with E-state index in [1.54, 1.807) is 6.07 Å². The number of aryl methyl sites for hydroxylation is 1. The lowest BCUT2D eigenvalue weighted by Gasteiger charge is -2.02. The Kier molecular flexibility index (Phi) is 2.30. The van der Waals surface area contributed by atoms with Gasteiger partial charge in [-0.05, 0) is 48.8 Å². The summed E-state index contributed by atoms with van der Waals surface area (Å²) in [7, 11) is 0. The van der Waals surface area contributed by atoms with E-state index in [2.05, 4.69) is 11.1 Å². The van der Waals surface area contributed by atoms with Crippen LogP contribution in [0, 0.1) is 6.85 Å². The second kappa shape index (κ2) is 5.21. The van der Waals surface area contributed by atoms with Crippen molar-refractivity contribution in [1.29, 1.82) is 0 Å². The summed E-state index contributed by atoms with van der Waals surface area (Å²) in [4.78, 5) is 4.41. The fraction of sp³-hybridized carbons (Fsp3) is 0.0417. The first-order valence-corrected chi connectivity index (χ1v) is 8.73. The minimum atomic E-state index is -2.19. The van der Waals surface area contributed by atoms with Gasteiger partial charge in [0.2, 0.25) is 0 Å². The van der Waals surface area contributed by atoms with E-state index in [4.69, 9.17) is 12.9 Å². The van der Waals surface area contributed by atoms with Gasteiger partial charge in [0, 0.05) is 37.4 Å². The van der Waals surface area contributed by atoms with Crippen LogP contribution >= 0.6 is 0 Å². The van der Waals surface area contributed by atoms with Crippen LogP contribution in [0.2, 0.25) is 0 Å². The van der Waals surface area contributed by atoms with Crippen molar-refractivity contribution in [3.63, 3.8) is 0 Å². The van der Waals surface area contributed by atoms with Gasteiger partial charge in [0.15, 0.2) is 11.2 Å². The molecule has 128 valence electrons. The maximum atomic E-state index is 7.70. The summed E-state index contributed by atoms with van der Waals surface area (Å²) < 4.78 is 35.5. The number of nitrogens with zero attached hydrogens (tertiary/aromatic N) is 1. The van der Waals surface area contributed by atoms with E-state index in [0.29, 0.717) is 22.4 Å². The van der Waals surface area contributed by atoms with Crippen LogP contribution in [0.3, 0.4) is 0 Å². The molecule has 0 amide bonds. The molecule has 0 unspecified atom stereocenters. The third kappa shape index (κ3) is 1.99. The molecular weight excluding hydrogens is 334 g/mol. The minimum Gasteiger partial charge on any atom is -0.452 e. The van der Waals surface area contributed by atoms with E-state index in [1.807, 2.05) is 48.5 Å². The average molecular weight is 352 g/mol. The van der Waals surface area contributed by atoms with E-state index in [1.165, 1.54) is 12.3 Å². The van der Waals surface area contributed by atoms with Crippen LogP contribution in [0.25, 0.3) is 55.1 Å². The fourth-order valence-electron chi connectivity index (χ4n) is 3.82. The number of pyridine rings is 1. The van der Waals surface area contributed by atoms with E-state index in [0.717, 1.165) is 32.7 Å². The molecule has 0 atom stereocenters. The molecule has 0 bridgehead atoms. The second-order valence-corrected chi connectivity index (χ2v) is 6.63. The van der Waals surface area contributed by atoms with Gasteiger partial charge in [-0.15, -0.1) is 0 Å². The molecule has 0 aliphatic heterocycles. The van der Waals surface area contributed by atoms with E-state index in [-0.39, 0.29) is 5.56 Å². The molecule has 3 heterocycles. The van der Waals surface area contributed by atoms with Gasteiger partial charge in [0.05, 0.1) is 5.69 Å². The molecule has 27 heavy (non-hydrogen) atoms. The lowest BCUT2D eigenvalue weighted by atomic mass is 10.0. The van der Waals surface area contributed by atoms with E-state index >= 15 is 0 Å². The molecule has 0 radical (unpaired) electrons. The lowest BCUT2D eigenvalue weighted by Crippen LogP contribution is -1.84. The summed E-state index contributed by atoms with van der Waals surface area (Å²) in [6, 6.07) is 21.0. The van der Waals surface area contributed by atoms with Gasteiger partial charge in [0.25, 0.3) is 0 Å². The Morgan fingerprint density at radius 2 is 1.52 bits per heavy atom. The Morgan fingerprint density at radius 1 is 0.741 bits per heavy atom. The molecule has 6 rings (SSSR count). The highest BCUT2D eigenvalue weighted by Gasteiger charge is 2.18. The molecular formula is C24H15NO2. The average Bonchev–Trinajstić information content (AvgIpc) is 3.31. The second-order valence-electron chi connectivity index (χ2n) is 6.63. The van der Waals surface area contributed by atoms with Crippen LogP contribution in [-0.2, 0) is 0 Å². The van der Waals surface area contributed by atoms with Crippen molar-refractivity contribution in [3.8, 4) is 11.3 Å². The SMILES string of the molecule is [2H]C([2H])([2H])c1ccnc(-c2cccc3c2oc2c3ccc3c4ccccc4oc32)c1. The van der Waals surface area contributed by atoms with Crippen LogP contribution in [0.4, 0.5) is 0 Å². The third-order valence-corrected chi connectivity index (χ3v) is 5.05. The van der Waals surface area contributed by atoms with E-state index < -0.39 is 6.85 Å². The number of para-hydroxylation sites is 2. The molecule has 3 aromatic carbocycles. The van der Waals surface area contributed by atoms with Gasteiger partial charge in [-0.2, -0.15) is 0 Å². The Bertz CT molecular complexity index is 1590. The molecule has 0 fully saturated rings. The van der Waals surface area contributed by atoms with Gasteiger partial charge in [0.1, 0.15) is 11.2 Å². The zero-order valence-corrected chi connectivity index (χ0v) is 14.2. The smallest absolute Gasteiger partial charge is 0.178 e. The highest BCUT2D eigenvalue weighted by atomic mass is 16.4. The molecule has 3 aromatic heterocycles. The molecule has 3 nitrogen and oxygen atoms in total. The fourth-order valence-corrected chi connectivity index (χ4v) is 3.82. The molecule has 3 heteroatoms. The third-order valence-electron chi connectivity index (χ3n) is 5.05. The summed E-state index contributed by atoms with van der Waals surface area (Å²) in [6.45, 7) is -2.19. The standard InChI is InChI=1S/C24H15NO2/c1-14-11-12-25-20(13-14)19-7-4-6-16-18-10-9-17-15-5-2-3-8-21(15)26-23(17)24(18)27-22(16)19/h2-13H,1H3/i1D3. The number of rotatable bonds is 1. The number of aromatic nitrogens is 1. The van der Waals surface area contributed by atoms with Crippen molar-refractivity contribution in [3.05, 3.63) is 78.5 Å². The van der Waals surface area contributed by atoms with Gasteiger partial charge in [-0.3, -0.25) is 4.98 Å². The number of fused-ring (bicyclic) bond motifs is 7. The summed E-state index contributed by atoms with van der Waals surface area (Å²) in [5, 5.41) is 3.93. The van der Waals surface area contributed by atoms with Crippen LogP contribution in [0.1, 0.15) is 9.68 Å². The topological polar surface area (TPSA) is 39.2 Å². The molecule has 0 spiro atoms. The zero-order valence-electron chi connectivity index (χ0n) is 17.2. The van der Waals surface area contributed by atoms with Crippen LogP contribution < -0.4 is 0 Å². The number of benzene rings is 3. The minimum absolute atomic E-state index is 0.250. The van der Waals surface area contributed by atoms with E-state index in [9.17, 15) is 0 Å². The van der Waals surface area contributed by atoms with Crippen molar-refractivity contribution in [2.75, 3.05) is 0 Å². The highest BCUT2D eigenvalue weighted by molar-refractivity contribution is 6.20. The molecule has 6 aromatic rings. The summed E-state index contributed by atoms with van der Waals surface area (Å²) >= 11 is 0. The summed E-state index contributed by atoms with van der Waals surface area (Å²) in [5.74, 6) is 0. The maximum absolute atomic E-state index is 7.70. The molecule has 0 aliphatic carbocycles. The normalized spacial score (nSPS) is 14.0. The van der Waals surface area contributed by atoms with Crippen molar-refractivity contribution >= 4 is 43.9 Å². The predicted molar refractivity (Wildman–Crippen MR) is 109 cm³/mol. The number of hydrogen-bond acceptors (Lipinski definition) is 3. The van der Waals surface area contributed by atoms with Crippen LogP contribution in [0.5, 0.6) is 0 Å². The van der Waals surface area contributed by atoms with Crippen molar-refractivity contribution < 1.29 is 12.9 Å². The highest BCUT2D eigenvalue weighted by Crippen LogP contribution is 2.40. The first-order valence-electron chi connectivity index (χ1n) is 10.2. The Morgan fingerprint density at radius 3 is 2.44 bits per heavy atom. The first-order chi connectivity index (χ1) is 14.5. The van der Waals surface area contributed by atoms with Crippen LogP contribution in [-0.4, -0.2) is 4.98 Å². The largest absolute Gasteiger partial charge is 0.452 e. The first kappa shape index (κ1) is 11.9. The molecule has 0 saturated carbocycles. The molecule has 0 saturated heterocycles. The number of furan rings is 2. The molecule has 0 N–H and O–H groups in total. The van der Waals surface area contributed by atoms with Crippen molar-refractivity contribution in [2.45, 2.75) is 6.85 Å². The zero-order chi connectivity index (χ0) is 20.5. The Labute approximate surface area is 159 Å². The van der Waals surface area contributed by atoms with Gasteiger partial charge in [-0.25, -0.2) is 0 Å². The Hall–Kier alpha value is -3.59. The van der Waals surface area contributed by atoms with Crippen molar-refractivity contribution in [2.24, 2.45) is 0 Å². The van der Waals surface area contributed by atoms with Crippen LogP contribution in [0.15, 0.2) is 81.8 Å². The van der Waals surface area contributed by atoms with Crippen molar-refractivity contribution in [1.82, 2.24) is 4.98 Å². The maximum Gasteiger partial charge on any atom is 0.178 e. The predicted octanol–water partition coefficient (Wildman–Crippen LogP) is 6.86. The molecule has 0 aliphatic rings. The lowest BCUT2D eigenvalue weighted by molar-refractivity contribution is 0.634. The monoisotopic (exact) mass is 352 g/mol. The quantitative estimate of drug-likeness (QED) is 0.324. The summed E-state index contributed by atoms with van der Waals surface area (Å²) in [5.41, 5.74) is 4.43. The summed E-state index contributed by atoms with van der Waals surface area (Å²) in [6.07, 6.45) is 1.52. The van der Waals surface area contributed by atoms with Gasteiger partial charge >= 0.3 is 0 Å². The Balaban J connectivity index is 1.67. The van der Waals surface area contributed by atoms with Gasteiger partial charge < -0.3 is 8.83 Å². The number of hydrogen-bond donors (Lipinski definition) is 0. The van der Waals surface area contributed by atoms with Gasteiger partial charge in [-0.1, -0.05) is 30.3 Å².